The standard InChI is InChI=1S/C28H32ClN3/c1-16(2)23-14-17(3)12-19(5)27(23)30-21(7)25-10-9-11-26(32-25)22(8)31-28-20(6)13-18(4)15-24(28)29/h9-16H,1-8H3/b30-21+,31-22+. The minimum atomic E-state index is 0.399. The highest BCUT2D eigenvalue weighted by Crippen LogP contribution is 2.33. The van der Waals surface area contributed by atoms with Gasteiger partial charge in [0, 0.05) is 0 Å². The Morgan fingerprint density at radius 1 is 0.781 bits per heavy atom. The van der Waals surface area contributed by atoms with E-state index < -0.39 is 0 Å². The lowest BCUT2D eigenvalue weighted by molar-refractivity contribution is 0.863. The number of aromatic nitrogens is 1. The summed E-state index contributed by atoms with van der Waals surface area (Å²) in [4.78, 5) is 14.7. The fraction of sp³-hybridized carbons (Fsp3) is 0.321. The van der Waals surface area contributed by atoms with E-state index in [2.05, 4.69) is 45.9 Å². The summed E-state index contributed by atoms with van der Waals surface area (Å²) in [6, 6.07) is 14.4. The summed E-state index contributed by atoms with van der Waals surface area (Å²) in [5.74, 6) is 0.399. The number of benzene rings is 2. The summed E-state index contributed by atoms with van der Waals surface area (Å²) in [6.45, 7) is 16.7. The molecule has 0 amide bonds. The third kappa shape index (κ3) is 5.34. The Bertz CT molecular complexity index is 1200. The van der Waals surface area contributed by atoms with E-state index in [0.717, 1.165) is 45.3 Å². The molecule has 4 heteroatoms. The molecule has 3 rings (SSSR count). The Morgan fingerprint density at radius 3 is 1.81 bits per heavy atom. The van der Waals surface area contributed by atoms with E-state index in [9.17, 15) is 0 Å². The molecule has 32 heavy (non-hydrogen) atoms. The van der Waals surface area contributed by atoms with Gasteiger partial charge in [-0.2, -0.15) is 0 Å². The Morgan fingerprint density at radius 2 is 1.28 bits per heavy atom. The molecule has 0 saturated carbocycles. The van der Waals surface area contributed by atoms with Crippen LogP contribution in [-0.4, -0.2) is 16.4 Å². The quantitative estimate of drug-likeness (QED) is 0.363. The van der Waals surface area contributed by atoms with E-state index in [4.69, 9.17) is 26.6 Å². The van der Waals surface area contributed by atoms with Gasteiger partial charge in [-0.05, 0) is 87.9 Å². The van der Waals surface area contributed by atoms with Crippen LogP contribution in [0.15, 0.2) is 52.4 Å². The predicted octanol–water partition coefficient (Wildman–Crippen LogP) is 8.37. The normalized spacial score (nSPS) is 12.6. The summed E-state index contributed by atoms with van der Waals surface area (Å²) in [6.07, 6.45) is 0. The van der Waals surface area contributed by atoms with Gasteiger partial charge in [-0.1, -0.05) is 55.3 Å². The fourth-order valence-corrected chi connectivity index (χ4v) is 4.29. The van der Waals surface area contributed by atoms with E-state index in [1.54, 1.807) is 0 Å². The highest BCUT2D eigenvalue weighted by Gasteiger charge is 2.12. The van der Waals surface area contributed by atoms with E-state index in [0.29, 0.717) is 10.9 Å². The smallest absolute Gasteiger partial charge is 0.0849 e. The van der Waals surface area contributed by atoms with Crippen molar-refractivity contribution in [1.29, 1.82) is 0 Å². The van der Waals surface area contributed by atoms with Crippen LogP contribution in [0.3, 0.4) is 0 Å². The predicted molar refractivity (Wildman–Crippen MR) is 139 cm³/mol. The monoisotopic (exact) mass is 445 g/mol. The fourth-order valence-electron chi connectivity index (χ4n) is 3.92. The average molecular weight is 446 g/mol. The number of aryl methyl sites for hydroxylation is 4. The van der Waals surface area contributed by atoms with Crippen LogP contribution >= 0.6 is 11.6 Å². The molecular formula is C28H32ClN3. The molecule has 166 valence electrons. The summed E-state index contributed by atoms with van der Waals surface area (Å²) < 4.78 is 0. The highest BCUT2D eigenvalue weighted by atomic mass is 35.5. The number of halogens is 1. The SMILES string of the molecule is C/C(=N\c1c(C)cc(C)cc1Cl)c1cccc(/C(C)=N/c2c(C)cc(C)cc2C(C)C)n1. The van der Waals surface area contributed by atoms with Crippen LogP contribution in [0.2, 0.25) is 5.02 Å². The van der Waals surface area contributed by atoms with Crippen molar-refractivity contribution in [2.24, 2.45) is 9.98 Å². The molecule has 3 aromatic rings. The molecule has 0 aliphatic rings. The van der Waals surface area contributed by atoms with Crippen molar-refractivity contribution < 1.29 is 0 Å². The Hall–Kier alpha value is -2.78. The van der Waals surface area contributed by atoms with Gasteiger partial charge in [-0.15, -0.1) is 0 Å². The molecule has 1 aromatic heterocycles. The second-order valence-corrected chi connectivity index (χ2v) is 9.30. The van der Waals surface area contributed by atoms with Crippen molar-refractivity contribution in [1.82, 2.24) is 4.98 Å². The molecule has 0 aliphatic carbocycles. The van der Waals surface area contributed by atoms with E-state index in [1.165, 1.54) is 16.7 Å². The number of rotatable bonds is 5. The lowest BCUT2D eigenvalue weighted by atomic mass is 9.96. The molecule has 0 N–H and O–H groups in total. The molecule has 0 unspecified atom stereocenters. The number of hydrogen-bond acceptors (Lipinski definition) is 3. The van der Waals surface area contributed by atoms with Gasteiger partial charge in [0.25, 0.3) is 0 Å². The zero-order valence-corrected chi connectivity index (χ0v) is 21.1. The average Bonchev–Trinajstić information content (AvgIpc) is 2.72. The van der Waals surface area contributed by atoms with Gasteiger partial charge in [0.2, 0.25) is 0 Å². The molecule has 3 nitrogen and oxygen atoms in total. The van der Waals surface area contributed by atoms with E-state index in [-0.39, 0.29) is 0 Å². The summed E-state index contributed by atoms with van der Waals surface area (Å²) in [7, 11) is 0. The van der Waals surface area contributed by atoms with Crippen LogP contribution in [0.1, 0.15) is 72.8 Å². The number of nitrogens with zero attached hydrogens (tertiary/aromatic N) is 3. The zero-order chi connectivity index (χ0) is 23.6. The molecule has 0 spiro atoms. The van der Waals surface area contributed by atoms with E-state index in [1.807, 2.05) is 52.0 Å². The summed E-state index contributed by atoms with van der Waals surface area (Å²) in [5.41, 5.74) is 11.1. The molecule has 0 bridgehead atoms. The molecule has 2 aromatic carbocycles. The van der Waals surface area contributed by atoms with Crippen LogP contribution in [0.5, 0.6) is 0 Å². The maximum Gasteiger partial charge on any atom is 0.0849 e. The zero-order valence-electron chi connectivity index (χ0n) is 20.3. The molecule has 1 heterocycles. The largest absolute Gasteiger partial charge is 0.251 e. The minimum absolute atomic E-state index is 0.399. The molecule has 0 fully saturated rings. The van der Waals surface area contributed by atoms with Crippen molar-refractivity contribution >= 4 is 34.4 Å². The van der Waals surface area contributed by atoms with Crippen LogP contribution in [0.4, 0.5) is 11.4 Å². The van der Waals surface area contributed by atoms with Gasteiger partial charge in [0.1, 0.15) is 0 Å². The Labute approximate surface area is 197 Å². The molecule has 0 atom stereocenters. The van der Waals surface area contributed by atoms with Gasteiger partial charge in [-0.25, -0.2) is 9.98 Å². The molecule has 0 saturated heterocycles. The maximum atomic E-state index is 6.46. The lowest BCUT2D eigenvalue weighted by Crippen LogP contribution is -2.05. The van der Waals surface area contributed by atoms with Crippen LogP contribution in [0.25, 0.3) is 0 Å². The summed E-state index contributed by atoms with van der Waals surface area (Å²) in [5, 5.41) is 0.659. The van der Waals surface area contributed by atoms with Gasteiger partial charge in [0.15, 0.2) is 0 Å². The molecular weight excluding hydrogens is 414 g/mol. The van der Waals surface area contributed by atoms with Gasteiger partial charge >= 0.3 is 0 Å². The van der Waals surface area contributed by atoms with Crippen molar-refractivity contribution in [3.05, 3.63) is 86.7 Å². The Balaban J connectivity index is 2.02. The number of hydrogen-bond donors (Lipinski definition) is 0. The molecule has 0 radical (unpaired) electrons. The summed E-state index contributed by atoms with van der Waals surface area (Å²) >= 11 is 6.46. The maximum absolute atomic E-state index is 6.46. The first-order valence-electron chi connectivity index (χ1n) is 11.0. The number of pyridine rings is 1. The molecule has 0 aliphatic heterocycles. The van der Waals surface area contributed by atoms with Gasteiger partial charge in [-0.3, -0.25) is 4.99 Å². The van der Waals surface area contributed by atoms with Crippen LogP contribution < -0.4 is 0 Å². The second-order valence-electron chi connectivity index (χ2n) is 8.89. The van der Waals surface area contributed by atoms with Crippen molar-refractivity contribution in [2.75, 3.05) is 0 Å². The van der Waals surface area contributed by atoms with Crippen molar-refractivity contribution in [2.45, 2.75) is 61.3 Å². The first-order valence-corrected chi connectivity index (χ1v) is 11.4. The van der Waals surface area contributed by atoms with Crippen molar-refractivity contribution in [3.8, 4) is 0 Å². The second kappa shape index (κ2) is 9.79. The first kappa shape index (κ1) is 23.9. The third-order valence-corrected chi connectivity index (χ3v) is 5.83. The van der Waals surface area contributed by atoms with Gasteiger partial charge in [0.05, 0.1) is 39.2 Å². The first-order chi connectivity index (χ1) is 15.1. The van der Waals surface area contributed by atoms with Gasteiger partial charge < -0.3 is 0 Å². The topological polar surface area (TPSA) is 37.6 Å². The van der Waals surface area contributed by atoms with E-state index >= 15 is 0 Å². The van der Waals surface area contributed by atoms with Crippen LogP contribution in [0, 0.1) is 27.7 Å². The third-order valence-electron chi connectivity index (χ3n) is 5.54. The minimum Gasteiger partial charge on any atom is -0.251 e. The number of aliphatic imine (C=N–C) groups is 2. The van der Waals surface area contributed by atoms with Crippen molar-refractivity contribution in [3.63, 3.8) is 0 Å². The lowest BCUT2D eigenvalue weighted by Gasteiger charge is -2.14. The Kier molecular flexibility index (Phi) is 7.30. The highest BCUT2D eigenvalue weighted by molar-refractivity contribution is 6.33. The van der Waals surface area contributed by atoms with Crippen LogP contribution in [-0.2, 0) is 0 Å².